The third kappa shape index (κ3) is 3.87. The summed E-state index contributed by atoms with van der Waals surface area (Å²) in [5.74, 6) is 0.306. The van der Waals surface area contributed by atoms with E-state index in [0.29, 0.717) is 11.1 Å². The lowest BCUT2D eigenvalue weighted by Gasteiger charge is -2.30. The molecule has 0 spiro atoms. The molecule has 1 aliphatic rings. The van der Waals surface area contributed by atoms with Gasteiger partial charge < -0.3 is 15.4 Å². The Labute approximate surface area is 153 Å². The first-order valence-corrected chi connectivity index (χ1v) is 8.95. The Kier molecular flexibility index (Phi) is 5.56. The maximum Gasteiger partial charge on any atom is 0.254 e. The molecular formula is C21H24N2O3. The number of hydrogen-bond acceptors (Lipinski definition) is 3. The normalized spacial score (nSPS) is 17.4. The van der Waals surface area contributed by atoms with E-state index in [4.69, 9.17) is 10.5 Å². The number of hydrogen-bond donors (Lipinski definition) is 1. The fraction of sp³-hybridized carbons (Fsp3) is 0.333. The Bertz CT molecular complexity index is 769. The van der Waals surface area contributed by atoms with Crippen molar-refractivity contribution in [1.82, 2.24) is 4.90 Å². The molecule has 5 nitrogen and oxygen atoms in total. The van der Waals surface area contributed by atoms with Crippen LogP contribution in [-0.4, -0.2) is 30.4 Å². The molecule has 1 saturated heterocycles. The number of amides is 2. The van der Waals surface area contributed by atoms with Crippen molar-refractivity contribution < 1.29 is 14.3 Å². The number of ether oxygens (including phenoxy) is 1. The first kappa shape index (κ1) is 18.0. The number of nitrogens with zero attached hydrogens (tertiary/aromatic N) is 1. The number of nitrogens with two attached hydrogens (primary N) is 1. The molecule has 2 aromatic carbocycles. The van der Waals surface area contributed by atoms with Gasteiger partial charge >= 0.3 is 0 Å². The highest BCUT2D eigenvalue weighted by atomic mass is 16.5. The van der Waals surface area contributed by atoms with E-state index in [1.807, 2.05) is 29.2 Å². The maximum absolute atomic E-state index is 13.1. The second kappa shape index (κ2) is 8.04. The summed E-state index contributed by atoms with van der Waals surface area (Å²) in [6.07, 6.45) is 4.16. The van der Waals surface area contributed by atoms with Gasteiger partial charge in [0, 0.05) is 17.7 Å². The van der Waals surface area contributed by atoms with Gasteiger partial charge in [-0.25, -0.2) is 0 Å². The molecule has 0 radical (unpaired) electrons. The Morgan fingerprint density at radius 2 is 1.62 bits per heavy atom. The topological polar surface area (TPSA) is 72.6 Å². The molecule has 3 rings (SSSR count). The number of carbonyl (C=O) groups is 2. The van der Waals surface area contributed by atoms with Gasteiger partial charge in [-0.1, -0.05) is 25.0 Å². The van der Waals surface area contributed by atoms with E-state index < -0.39 is 5.91 Å². The molecule has 1 heterocycles. The molecule has 5 heteroatoms. The van der Waals surface area contributed by atoms with E-state index in [0.717, 1.165) is 43.5 Å². The van der Waals surface area contributed by atoms with Gasteiger partial charge in [-0.3, -0.25) is 9.59 Å². The van der Waals surface area contributed by atoms with Gasteiger partial charge in [-0.05, 0) is 54.8 Å². The number of carbonyl (C=O) groups excluding carboxylic acids is 2. The van der Waals surface area contributed by atoms with Gasteiger partial charge in [0.1, 0.15) is 5.75 Å². The van der Waals surface area contributed by atoms with Crippen molar-refractivity contribution in [3.05, 3.63) is 65.2 Å². The van der Waals surface area contributed by atoms with E-state index in [-0.39, 0.29) is 11.9 Å². The second-order valence-electron chi connectivity index (χ2n) is 6.58. The van der Waals surface area contributed by atoms with Crippen LogP contribution in [0.15, 0.2) is 48.5 Å². The Morgan fingerprint density at radius 1 is 0.962 bits per heavy atom. The van der Waals surface area contributed by atoms with Crippen LogP contribution in [0.4, 0.5) is 0 Å². The highest BCUT2D eigenvalue weighted by Gasteiger charge is 2.27. The largest absolute Gasteiger partial charge is 0.497 e. The molecule has 0 unspecified atom stereocenters. The molecule has 136 valence electrons. The SMILES string of the molecule is COc1ccc([C@@H]2CCCCCN2C(=O)c2ccc(C(N)=O)cc2)cc1. The molecule has 2 aromatic rings. The van der Waals surface area contributed by atoms with Gasteiger partial charge in [-0.2, -0.15) is 0 Å². The number of rotatable bonds is 4. The van der Waals surface area contributed by atoms with Crippen molar-refractivity contribution in [2.24, 2.45) is 5.73 Å². The zero-order chi connectivity index (χ0) is 18.5. The summed E-state index contributed by atoms with van der Waals surface area (Å²) in [5, 5.41) is 0. The first-order valence-electron chi connectivity index (χ1n) is 8.95. The predicted octanol–water partition coefficient (Wildman–Crippen LogP) is 3.55. The van der Waals surface area contributed by atoms with Crippen molar-refractivity contribution in [2.75, 3.05) is 13.7 Å². The van der Waals surface area contributed by atoms with Crippen molar-refractivity contribution in [3.8, 4) is 5.75 Å². The van der Waals surface area contributed by atoms with Gasteiger partial charge in [0.2, 0.25) is 5.91 Å². The third-order valence-electron chi connectivity index (χ3n) is 4.93. The van der Waals surface area contributed by atoms with Crippen molar-refractivity contribution in [3.63, 3.8) is 0 Å². The van der Waals surface area contributed by atoms with Crippen molar-refractivity contribution in [2.45, 2.75) is 31.7 Å². The van der Waals surface area contributed by atoms with Gasteiger partial charge in [0.05, 0.1) is 13.2 Å². The second-order valence-corrected chi connectivity index (χ2v) is 6.58. The first-order chi connectivity index (χ1) is 12.6. The van der Waals surface area contributed by atoms with Crippen LogP contribution in [0.5, 0.6) is 5.75 Å². The summed E-state index contributed by atoms with van der Waals surface area (Å²) >= 11 is 0. The average molecular weight is 352 g/mol. The van der Waals surface area contributed by atoms with Gasteiger partial charge in [0.15, 0.2) is 0 Å². The van der Waals surface area contributed by atoms with E-state index in [9.17, 15) is 9.59 Å². The Morgan fingerprint density at radius 3 is 2.23 bits per heavy atom. The van der Waals surface area contributed by atoms with E-state index in [2.05, 4.69) is 0 Å². The Hall–Kier alpha value is -2.82. The van der Waals surface area contributed by atoms with Crippen LogP contribution >= 0.6 is 0 Å². The monoisotopic (exact) mass is 352 g/mol. The standard InChI is InChI=1S/C21H24N2O3/c1-26-18-12-10-15(11-13-18)19-5-3-2-4-14-23(19)21(25)17-8-6-16(7-9-17)20(22)24/h6-13,19H,2-5,14H2,1H3,(H2,22,24)/t19-/m0/s1. The lowest BCUT2D eigenvalue weighted by Crippen LogP contribution is -2.34. The maximum atomic E-state index is 13.1. The number of methoxy groups -OCH3 is 1. The lowest BCUT2D eigenvalue weighted by molar-refractivity contribution is 0.0680. The summed E-state index contributed by atoms with van der Waals surface area (Å²) < 4.78 is 5.24. The molecule has 1 fully saturated rings. The molecule has 1 atom stereocenters. The fourth-order valence-corrected chi connectivity index (χ4v) is 3.47. The van der Waals surface area contributed by atoms with E-state index in [1.165, 1.54) is 0 Å². The molecule has 2 amide bonds. The summed E-state index contributed by atoms with van der Waals surface area (Å²) in [5.41, 5.74) is 7.39. The zero-order valence-electron chi connectivity index (χ0n) is 15.0. The van der Waals surface area contributed by atoms with Crippen LogP contribution in [0.3, 0.4) is 0 Å². The van der Waals surface area contributed by atoms with Crippen LogP contribution in [0.2, 0.25) is 0 Å². The van der Waals surface area contributed by atoms with Gasteiger partial charge in [-0.15, -0.1) is 0 Å². The number of primary amides is 1. The molecule has 26 heavy (non-hydrogen) atoms. The average Bonchev–Trinajstić information content (AvgIpc) is 2.93. The van der Waals surface area contributed by atoms with Crippen LogP contribution in [-0.2, 0) is 0 Å². The molecule has 0 aliphatic carbocycles. The van der Waals surface area contributed by atoms with Crippen molar-refractivity contribution >= 4 is 11.8 Å². The van der Waals surface area contributed by atoms with Crippen LogP contribution < -0.4 is 10.5 Å². The lowest BCUT2D eigenvalue weighted by atomic mass is 9.99. The smallest absolute Gasteiger partial charge is 0.254 e. The molecule has 0 saturated carbocycles. The third-order valence-corrected chi connectivity index (χ3v) is 4.93. The zero-order valence-corrected chi connectivity index (χ0v) is 15.0. The fourth-order valence-electron chi connectivity index (χ4n) is 3.47. The van der Waals surface area contributed by atoms with E-state index >= 15 is 0 Å². The molecular weight excluding hydrogens is 328 g/mol. The summed E-state index contributed by atoms with van der Waals surface area (Å²) in [7, 11) is 1.65. The molecule has 1 aliphatic heterocycles. The van der Waals surface area contributed by atoms with Gasteiger partial charge in [0.25, 0.3) is 5.91 Å². The summed E-state index contributed by atoms with van der Waals surface area (Å²) in [6, 6.07) is 14.6. The van der Waals surface area contributed by atoms with Crippen molar-refractivity contribution in [1.29, 1.82) is 0 Å². The number of likely N-dealkylation sites (tertiary alicyclic amines) is 1. The van der Waals surface area contributed by atoms with E-state index in [1.54, 1.807) is 31.4 Å². The summed E-state index contributed by atoms with van der Waals surface area (Å²) in [6.45, 7) is 0.729. The van der Waals surface area contributed by atoms with Crippen LogP contribution in [0, 0.1) is 0 Å². The minimum Gasteiger partial charge on any atom is -0.497 e. The highest BCUT2D eigenvalue weighted by Crippen LogP contribution is 2.32. The molecule has 0 aromatic heterocycles. The van der Waals surface area contributed by atoms with Crippen LogP contribution in [0.25, 0.3) is 0 Å². The highest BCUT2D eigenvalue weighted by molar-refractivity contribution is 5.97. The molecule has 0 bridgehead atoms. The predicted molar refractivity (Wildman–Crippen MR) is 100 cm³/mol. The summed E-state index contributed by atoms with van der Waals surface area (Å²) in [4.78, 5) is 26.3. The minimum absolute atomic E-state index is 0.0104. The minimum atomic E-state index is -0.491. The number of benzene rings is 2. The Balaban J connectivity index is 1.87. The quantitative estimate of drug-likeness (QED) is 0.914. The van der Waals surface area contributed by atoms with Crippen LogP contribution in [0.1, 0.15) is 58.0 Å². The molecule has 2 N–H and O–H groups in total.